The molecule has 0 bridgehead atoms. The molecule has 0 atom stereocenters. The molecule has 2 amide bonds. The molecule has 13 heteroatoms. The van der Waals surface area contributed by atoms with Gasteiger partial charge in [0.25, 0.3) is 11.8 Å². The predicted octanol–water partition coefficient (Wildman–Crippen LogP) is 3.77. The van der Waals surface area contributed by atoms with Gasteiger partial charge in [-0.2, -0.15) is 0 Å². The second-order valence-electron chi connectivity index (χ2n) is 8.69. The molecule has 1 saturated heterocycles. The summed E-state index contributed by atoms with van der Waals surface area (Å²) in [6.45, 7) is 5.80. The Labute approximate surface area is 228 Å². The number of fused-ring (bicyclic) bond motifs is 1. The zero-order valence-corrected chi connectivity index (χ0v) is 21.8. The van der Waals surface area contributed by atoms with Gasteiger partial charge in [-0.1, -0.05) is 29.3 Å². The summed E-state index contributed by atoms with van der Waals surface area (Å²) >= 11 is 12.3. The summed E-state index contributed by atoms with van der Waals surface area (Å²) < 4.78 is 5.91. The van der Waals surface area contributed by atoms with Crippen molar-refractivity contribution in [3.05, 3.63) is 64.2 Å². The number of nitrogens with one attached hydrogen (secondary N) is 5. The highest BCUT2D eigenvalue weighted by Crippen LogP contribution is 2.30. The van der Waals surface area contributed by atoms with Crippen LogP contribution in [-0.4, -0.2) is 76.0 Å². The minimum absolute atomic E-state index is 0.0420. The summed E-state index contributed by atoms with van der Waals surface area (Å²) in [6, 6.07) is 10.3. The number of benzene rings is 2. The van der Waals surface area contributed by atoms with E-state index in [0.29, 0.717) is 23.4 Å². The van der Waals surface area contributed by atoms with Gasteiger partial charge in [-0.15, -0.1) is 0 Å². The van der Waals surface area contributed by atoms with Gasteiger partial charge < -0.3 is 30.2 Å². The Morgan fingerprint density at radius 1 is 1.05 bits per heavy atom. The van der Waals surface area contributed by atoms with E-state index in [1.165, 1.54) is 6.33 Å². The van der Waals surface area contributed by atoms with Crippen LogP contribution < -0.4 is 20.7 Å². The lowest BCUT2D eigenvalue weighted by atomic mass is 10.2. The van der Waals surface area contributed by atoms with Gasteiger partial charge >= 0.3 is 0 Å². The minimum Gasteiger partial charge on any atom is -0.493 e. The Balaban J connectivity index is 1.20. The van der Waals surface area contributed by atoms with Crippen LogP contribution in [0.5, 0.6) is 5.75 Å². The Morgan fingerprint density at radius 2 is 1.84 bits per heavy atom. The van der Waals surface area contributed by atoms with Crippen molar-refractivity contribution in [2.24, 2.45) is 0 Å². The molecule has 0 aliphatic carbocycles. The number of halogens is 2. The Bertz CT molecular complexity index is 1430. The van der Waals surface area contributed by atoms with Gasteiger partial charge in [-0.25, -0.2) is 9.97 Å². The molecule has 0 radical (unpaired) electrons. The first-order chi connectivity index (χ1) is 18.5. The van der Waals surface area contributed by atoms with Crippen molar-refractivity contribution >= 4 is 57.7 Å². The van der Waals surface area contributed by atoms with E-state index in [1.54, 1.807) is 18.2 Å². The monoisotopic (exact) mass is 556 g/mol. The van der Waals surface area contributed by atoms with Gasteiger partial charge in [0.15, 0.2) is 5.69 Å². The van der Waals surface area contributed by atoms with Crippen molar-refractivity contribution in [1.82, 2.24) is 30.2 Å². The molecule has 1 fully saturated rings. The van der Waals surface area contributed by atoms with E-state index in [9.17, 15) is 9.59 Å². The number of nitrogens with zero attached hydrogens (tertiary/aromatic N) is 3. The fourth-order valence-corrected chi connectivity index (χ4v) is 4.64. The minimum atomic E-state index is -0.644. The molecule has 4 aromatic rings. The van der Waals surface area contributed by atoms with Gasteiger partial charge in [0.2, 0.25) is 5.95 Å². The molecule has 2 aromatic heterocycles. The van der Waals surface area contributed by atoms with E-state index in [-0.39, 0.29) is 33.1 Å². The van der Waals surface area contributed by atoms with E-state index in [4.69, 9.17) is 27.9 Å². The first kappa shape index (κ1) is 26.0. The number of hydrogen-bond acceptors (Lipinski definition) is 7. The second-order valence-corrected chi connectivity index (χ2v) is 9.50. The number of imidazole rings is 2. The number of piperazine rings is 1. The summed E-state index contributed by atoms with van der Waals surface area (Å²) in [5, 5.41) is 9.14. The average Bonchev–Trinajstić information content (AvgIpc) is 3.56. The standard InChI is InChI=1S/C25H26Cl2N8O3/c26-16-3-1-4-17(27)20(16)33-23(36)21-22(30-14-29-21)24(37)34-25-31-18-6-5-15(13-19(18)32-25)38-12-2-9-35-10-7-28-8-11-35/h1,3-6,13-14,28H,2,7-12H2,(H,29,30)(H,33,36)(H2,31,32,34,37). The Morgan fingerprint density at radius 3 is 2.63 bits per heavy atom. The number of carbonyl (C=O) groups excluding carboxylic acids is 2. The third-order valence-electron chi connectivity index (χ3n) is 6.07. The molecular weight excluding hydrogens is 531 g/mol. The highest BCUT2D eigenvalue weighted by Gasteiger charge is 2.23. The lowest BCUT2D eigenvalue weighted by Crippen LogP contribution is -2.43. The van der Waals surface area contributed by atoms with E-state index in [1.807, 2.05) is 18.2 Å². The summed E-state index contributed by atoms with van der Waals surface area (Å²) in [6.07, 6.45) is 2.19. The lowest BCUT2D eigenvalue weighted by molar-refractivity contribution is 0.0985. The van der Waals surface area contributed by atoms with Crippen LogP contribution in [0.15, 0.2) is 42.7 Å². The van der Waals surface area contributed by atoms with Crippen LogP contribution in [0.4, 0.5) is 11.6 Å². The topological polar surface area (TPSA) is 140 Å². The van der Waals surface area contributed by atoms with Crippen LogP contribution in [0.25, 0.3) is 11.0 Å². The maximum atomic E-state index is 12.9. The number of aromatic amines is 2. The number of anilines is 2. The fourth-order valence-electron chi connectivity index (χ4n) is 4.15. The van der Waals surface area contributed by atoms with E-state index in [2.05, 4.69) is 40.8 Å². The summed E-state index contributed by atoms with van der Waals surface area (Å²) in [5.74, 6) is -0.308. The van der Waals surface area contributed by atoms with E-state index < -0.39 is 11.8 Å². The number of H-pyrrole nitrogens is 2. The fraction of sp³-hybridized carbons (Fsp3) is 0.280. The van der Waals surface area contributed by atoms with Crippen LogP contribution >= 0.6 is 23.2 Å². The molecule has 1 aliphatic heterocycles. The van der Waals surface area contributed by atoms with Crippen molar-refractivity contribution in [2.45, 2.75) is 6.42 Å². The largest absolute Gasteiger partial charge is 0.493 e. The molecule has 38 heavy (non-hydrogen) atoms. The van der Waals surface area contributed by atoms with Crippen molar-refractivity contribution in [3.8, 4) is 5.75 Å². The van der Waals surface area contributed by atoms with Gasteiger partial charge in [0.05, 0.1) is 39.7 Å². The van der Waals surface area contributed by atoms with Crippen molar-refractivity contribution in [1.29, 1.82) is 0 Å². The number of aromatic nitrogens is 4. The molecule has 5 N–H and O–H groups in total. The third kappa shape index (κ3) is 6.08. The number of hydrogen-bond donors (Lipinski definition) is 5. The van der Waals surface area contributed by atoms with E-state index in [0.717, 1.165) is 39.1 Å². The van der Waals surface area contributed by atoms with Crippen LogP contribution in [-0.2, 0) is 0 Å². The molecule has 1 aliphatic rings. The van der Waals surface area contributed by atoms with Crippen molar-refractivity contribution in [3.63, 3.8) is 0 Å². The maximum absolute atomic E-state index is 12.9. The molecule has 0 saturated carbocycles. The van der Waals surface area contributed by atoms with Gasteiger partial charge in [0.1, 0.15) is 11.4 Å². The number of carbonyl (C=O) groups is 2. The number of para-hydroxylation sites is 1. The van der Waals surface area contributed by atoms with Crippen LogP contribution in [0.2, 0.25) is 10.0 Å². The van der Waals surface area contributed by atoms with Gasteiger partial charge in [-0.3, -0.25) is 14.9 Å². The first-order valence-corrected chi connectivity index (χ1v) is 12.9. The Hall–Kier alpha value is -3.64. The van der Waals surface area contributed by atoms with Crippen molar-refractivity contribution in [2.75, 3.05) is 50.0 Å². The highest BCUT2D eigenvalue weighted by molar-refractivity contribution is 6.40. The highest BCUT2D eigenvalue weighted by atomic mass is 35.5. The van der Waals surface area contributed by atoms with E-state index >= 15 is 0 Å². The predicted molar refractivity (Wildman–Crippen MR) is 146 cm³/mol. The van der Waals surface area contributed by atoms with Crippen molar-refractivity contribution < 1.29 is 14.3 Å². The average molecular weight is 557 g/mol. The molecule has 2 aromatic carbocycles. The number of ether oxygens (including phenoxy) is 1. The molecule has 11 nitrogen and oxygen atoms in total. The first-order valence-electron chi connectivity index (χ1n) is 12.1. The van der Waals surface area contributed by atoms with Crippen LogP contribution in [0.3, 0.4) is 0 Å². The SMILES string of the molecule is O=C(Nc1c(Cl)cccc1Cl)c1nc[nH]c1C(=O)Nc1nc2ccc(OCCCN3CCNCC3)cc2[nH]1. The summed E-state index contributed by atoms with van der Waals surface area (Å²) in [7, 11) is 0. The zero-order valence-electron chi connectivity index (χ0n) is 20.3. The molecule has 198 valence electrons. The maximum Gasteiger partial charge on any atom is 0.276 e. The van der Waals surface area contributed by atoms with Crippen LogP contribution in [0, 0.1) is 0 Å². The molecule has 5 rings (SSSR count). The summed E-state index contributed by atoms with van der Waals surface area (Å²) in [4.78, 5) is 42.3. The summed E-state index contributed by atoms with van der Waals surface area (Å²) in [5.41, 5.74) is 1.43. The lowest BCUT2D eigenvalue weighted by Gasteiger charge is -2.26. The third-order valence-corrected chi connectivity index (χ3v) is 6.70. The zero-order chi connectivity index (χ0) is 26.5. The quantitative estimate of drug-likeness (QED) is 0.198. The second kappa shape index (κ2) is 11.8. The molecule has 0 spiro atoms. The molecule has 0 unspecified atom stereocenters. The number of amides is 2. The molecular formula is C25H26Cl2N8O3. The smallest absolute Gasteiger partial charge is 0.276 e. The Kier molecular flexibility index (Phi) is 8.08. The normalized spacial score (nSPS) is 13.9. The van der Waals surface area contributed by atoms with Gasteiger partial charge in [0, 0.05) is 38.8 Å². The number of rotatable bonds is 9. The van der Waals surface area contributed by atoms with Crippen LogP contribution in [0.1, 0.15) is 27.4 Å². The van der Waals surface area contributed by atoms with Gasteiger partial charge in [-0.05, 0) is 30.7 Å². The molecule has 3 heterocycles.